The first-order valence-corrected chi connectivity index (χ1v) is 13.3. The van der Waals surface area contributed by atoms with Gasteiger partial charge in [0.05, 0.1) is 23.3 Å². The summed E-state index contributed by atoms with van der Waals surface area (Å²) in [4.78, 5) is 34.3. The van der Waals surface area contributed by atoms with E-state index in [0.29, 0.717) is 30.8 Å². The van der Waals surface area contributed by atoms with Gasteiger partial charge < -0.3 is 19.3 Å². The van der Waals surface area contributed by atoms with E-state index in [0.717, 1.165) is 11.0 Å². The maximum atomic E-state index is 14.2. The monoisotopic (exact) mass is 521 g/mol. The fourth-order valence-corrected chi connectivity index (χ4v) is 5.54. The van der Waals surface area contributed by atoms with Crippen molar-refractivity contribution in [2.75, 3.05) is 11.4 Å². The van der Waals surface area contributed by atoms with Crippen LogP contribution in [-0.2, 0) is 9.31 Å². The van der Waals surface area contributed by atoms with Crippen molar-refractivity contribution in [2.45, 2.75) is 91.5 Å². The summed E-state index contributed by atoms with van der Waals surface area (Å²) >= 11 is 0. The van der Waals surface area contributed by atoms with Gasteiger partial charge in [-0.3, -0.25) is 9.69 Å². The number of carboxylic acid groups (broad SMARTS) is 1. The second-order valence-corrected chi connectivity index (χ2v) is 12.5. The van der Waals surface area contributed by atoms with E-state index in [1.807, 2.05) is 79.7 Å². The van der Waals surface area contributed by atoms with Gasteiger partial charge in [0.2, 0.25) is 0 Å². The number of carbonyl (C=O) groups is 2. The second kappa shape index (κ2) is 10.0. The Bertz CT molecular complexity index is 1180. The molecule has 2 amide bonds. The first-order chi connectivity index (χ1) is 17.6. The lowest BCUT2D eigenvalue weighted by Crippen LogP contribution is -2.63. The van der Waals surface area contributed by atoms with Crippen molar-refractivity contribution in [3.63, 3.8) is 0 Å². The Labute approximate surface area is 226 Å². The number of hydrogen-bond donors (Lipinski definition) is 1. The molecule has 9 heteroatoms. The topological polar surface area (TPSA) is 92.2 Å². The molecule has 1 aromatic heterocycles. The van der Waals surface area contributed by atoms with Crippen LogP contribution >= 0.6 is 0 Å². The predicted octanol–water partition coefficient (Wildman–Crippen LogP) is 4.89. The fraction of sp³-hybridized carbons (Fsp3) is 0.552. The minimum absolute atomic E-state index is 0.209. The van der Waals surface area contributed by atoms with E-state index < -0.39 is 35.9 Å². The van der Waals surface area contributed by atoms with Crippen molar-refractivity contribution in [3.8, 4) is 0 Å². The Kier molecular flexibility index (Phi) is 7.40. The summed E-state index contributed by atoms with van der Waals surface area (Å²) in [5.41, 5.74) is 0.871. The van der Waals surface area contributed by atoms with E-state index in [4.69, 9.17) is 9.31 Å². The van der Waals surface area contributed by atoms with Gasteiger partial charge in [0, 0.05) is 18.3 Å². The van der Waals surface area contributed by atoms with Crippen LogP contribution in [0, 0.1) is 12.3 Å². The van der Waals surface area contributed by atoms with Crippen LogP contribution in [0.25, 0.3) is 0 Å². The van der Waals surface area contributed by atoms with Crippen molar-refractivity contribution in [3.05, 3.63) is 53.7 Å². The van der Waals surface area contributed by atoms with E-state index in [-0.39, 0.29) is 11.9 Å². The molecule has 0 radical (unpaired) electrons. The zero-order valence-corrected chi connectivity index (χ0v) is 23.8. The molecule has 8 nitrogen and oxygen atoms in total. The first-order valence-electron chi connectivity index (χ1n) is 13.3. The van der Waals surface area contributed by atoms with Crippen LogP contribution in [0.5, 0.6) is 0 Å². The van der Waals surface area contributed by atoms with E-state index in [1.165, 1.54) is 4.90 Å². The van der Waals surface area contributed by atoms with Gasteiger partial charge in [-0.25, -0.2) is 9.78 Å². The van der Waals surface area contributed by atoms with Crippen LogP contribution < -0.4 is 10.4 Å². The van der Waals surface area contributed by atoms with Crippen molar-refractivity contribution >= 4 is 30.4 Å². The number of likely N-dealkylation sites (tertiary alicyclic amines) is 1. The maximum Gasteiger partial charge on any atom is 0.494 e. The molecule has 2 aliphatic heterocycles. The van der Waals surface area contributed by atoms with Crippen LogP contribution in [0.1, 0.15) is 77.2 Å². The van der Waals surface area contributed by atoms with Crippen molar-refractivity contribution in [1.29, 1.82) is 0 Å². The van der Waals surface area contributed by atoms with E-state index in [1.54, 1.807) is 23.2 Å². The highest BCUT2D eigenvalue weighted by Gasteiger charge is 2.52. The molecule has 2 atom stereocenters. The van der Waals surface area contributed by atoms with Gasteiger partial charge in [-0.05, 0) is 82.1 Å². The second-order valence-electron chi connectivity index (χ2n) is 12.5. The van der Waals surface area contributed by atoms with Gasteiger partial charge in [0.15, 0.2) is 0 Å². The molecule has 4 rings (SSSR count). The largest absolute Gasteiger partial charge is 0.494 e. The molecule has 2 aromatic rings. The van der Waals surface area contributed by atoms with Gasteiger partial charge in [0.1, 0.15) is 5.82 Å². The molecule has 38 heavy (non-hydrogen) atoms. The lowest BCUT2D eigenvalue weighted by Gasteiger charge is -2.50. The van der Waals surface area contributed by atoms with Gasteiger partial charge in [0.25, 0.3) is 5.91 Å². The number of amides is 2. The predicted molar refractivity (Wildman–Crippen MR) is 149 cm³/mol. The number of carbonyl (C=O) groups excluding carboxylic acids is 1. The quantitative estimate of drug-likeness (QED) is 0.576. The Balaban J connectivity index is 1.72. The molecule has 0 aliphatic carbocycles. The normalized spacial score (nSPS) is 22.8. The minimum atomic E-state index is -0.966. The van der Waals surface area contributed by atoms with Crippen LogP contribution in [0.15, 0.2) is 42.6 Å². The number of piperidine rings is 1. The van der Waals surface area contributed by atoms with Crippen LogP contribution in [-0.4, -0.2) is 63.9 Å². The molecule has 2 aliphatic rings. The Morgan fingerprint density at radius 1 is 1.08 bits per heavy atom. The summed E-state index contributed by atoms with van der Waals surface area (Å²) in [6.45, 7) is 16.5. The molecular weight excluding hydrogens is 481 g/mol. The minimum Gasteiger partial charge on any atom is -0.465 e. The SMILES string of the molecule is Cc1cccnc1N(C(=O)c1ccc(B2OC(C)(C)C(C)(C)O2)cc1)[C@@H]1CCCN(C(=O)O)C1C(C)(C)C. The van der Waals surface area contributed by atoms with Gasteiger partial charge in [-0.15, -0.1) is 0 Å². The van der Waals surface area contributed by atoms with Crippen LogP contribution in [0.3, 0.4) is 0 Å². The summed E-state index contributed by atoms with van der Waals surface area (Å²) in [5, 5.41) is 10.0. The molecule has 1 N–H and O–H groups in total. The first kappa shape index (κ1) is 28.1. The van der Waals surface area contributed by atoms with Crippen molar-refractivity contribution in [2.24, 2.45) is 5.41 Å². The highest BCUT2D eigenvalue weighted by molar-refractivity contribution is 6.62. The fourth-order valence-electron chi connectivity index (χ4n) is 5.54. The summed E-state index contributed by atoms with van der Waals surface area (Å²) < 4.78 is 12.4. The summed E-state index contributed by atoms with van der Waals surface area (Å²) in [5.74, 6) is 0.345. The third-order valence-corrected chi connectivity index (χ3v) is 8.18. The average molecular weight is 521 g/mol. The third-order valence-electron chi connectivity index (χ3n) is 8.18. The number of aryl methyl sites for hydroxylation is 1. The Morgan fingerprint density at radius 3 is 2.21 bits per heavy atom. The van der Waals surface area contributed by atoms with E-state index >= 15 is 0 Å². The molecule has 2 saturated heterocycles. The standard InChI is InChI=1S/C29H40BN3O5/c1-19-11-9-17-31-24(19)33(22-12-10-18-32(26(35)36)23(22)27(2,3)4)25(34)20-13-15-21(16-14-20)30-37-28(5,6)29(7,8)38-30/h9,11,13-17,22-23H,10,12,18H2,1-8H3,(H,35,36)/t22-,23?/m1/s1. The highest BCUT2D eigenvalue weighted by Crippen LogP contribution is 2.38. The molecular formula is C29H40BN3O5. The number of hydrogen-bond acceptors (Lipinski definition) is 5. The number of aromatic nitrogens is 1. The van der Waals surface area contributed by atoms with E-state index in [2.05, 4.69) is 4.98 Å². The molecule has 3 heterocycles. The average Bonchev–Trinajstić information content (AvgIpc) is 3.06. The summed E-state index contributed by atoms with van der Waals surface area (Å²) in [7, 11) is -0.522. The molecule has 1 unspecified atom stereocenters. The summed E-state index contributed by atoms with van der Waals surface area (Å²) in [6.07, 6.45) is 2.06. The van der Waals surface area contributed by atoms with Gasteiger partial charge in [-0.2, -0.15) is 0 Å². The molecule has 2 fully saturated rings. The summed E-state index contributed by atoms with van der Waals surface area (Å²) in [6, 6.07) is 10.3. The third kappa shape index (κ3) is 5.18. The van der Waals surface area contributed by atoms with E-state index in [9.17, 15) is 14.7 Å². The number of rotatable bonds is 4. The number of anilines is 1. The van der Waals surface area contributed by atoms with Crippen molar-refractivity contribution in [1.82, 2.24) is 9.88 Å². The van der Waals surface area contributed by atoms with Gasteiger partial charge >= 0.3 is 13.2 Å². The molecule has 0 saturated carbocycles. The number of benzene rings is 1. The van der Waals surface area contributed by atoms with Crippen molar-refractivity contribution < 1.29 is 24.0 Å². The highest BCUT2D eigenvalue weighted by atomic mass is 16.7. The Morgan fingerprint density at radius 2 is 1.68 bits per heavy atom. The zero-order valence-electron chi connectivity index (χ0n) is 23.8. The lowest BCUT2D eigenvalue weighted by atomic mass is 9.76. The molecule has 0 bridgehead atoms. The lowest BCUT2D eigenvalue weighted by molar-refractivity contribution is 0.00578. The number of nitrogens with zero attached hydrogens (tertiary/aromatic N) is 3. The smallest absolute Gasteiger partial charge is 0.465 e. The molecule has 0 spiro atoms. The Hall–Kier alpha value is -2.91. The zero-order chi connectivity index (χ0) is 28.0. The molecule has 204 valence electrons. The maximum absolute atomic E-state index is 14.2. The number of pyridine rings is 1. The van der Waals surface area contributed by atoms with Gasteiger partial charge in [-0.1, -0.05) is 39.0 Å². The van der Waals surface area contributed by atoms with Crippen LogP contribution in [0.2, 0.25) is 0 Å². The molecule has 1 aromatic carbocycles. The van der Waals surface area contributed by atoms with Crippen LogP contribution in [0.4, 0.5) is 10.6 Å².